The summed E-state index contributed by atoms with van der Waals surface area (Å²) in [6.07, 6.45) is 0.508. The molecule has 1 atom stereocenters. The van der Waals surface area contributed by atoms with Crippen LogP contribution in [0.1, 0.15) is 16.8 Å². The number of sulfone groups is 1. The molecule has 1 saturated heterocycles. The quantitative estimate of drug-likeness (QED) is 0.828. The number of carbonyl (C=O) groups excluding carboxylic acids is 1. The van der Waals surface area contributed by atoms with Gasteiger partial charge in [0.25, 0.3) is 5.91 Å². The number of ether oxygens (including phenoxy) is 1. The summed E-state index contributed by atoms with van der Waals surface area (Å²) in [5.74, 6) is 0.645. The molecule has 0 radical (unpaired) electrons. The number of carbonyl (C=O) groups is 1. The maximum absolute atomic E-state index is 12.3. The zero-order valence-corrected chi connectivity index (χ0v) is 11.8. The number of benzene rings is 1. The first kappa shape index (κ1) is 13.9. The van der Waals surface area contributed by atoms with Crippen molar-refractivity contribution >= 4 is 15.7 Å². The van der Waals surface area contributed by atoms with Gasteiger partial charge in [0.15, 0.2) is 9.84 Å². The summed E-state index contributed by atoms with van der Waals surface area (Å²) < 4.78 is 28.0. The van der Waals surface area contributed by atoms with E-state index in [0.29, 0.717) is 17.7 Å². The summed E-state index contributed by atoms with van der Waals surface area (Å²) in [5, 5.41) is 0. The van der Waals surface area contributed by atoms with Gasteiger partial charge in [-0.15, -0.1) is 0 Å². The molecule has 0 bridgehead atoms. The Kier molecular flexibility index (Phi) is 3.80. The molecule has 1 aromatic rings. The molecule has 0 aliphatic carbocycles. The minimum atomic E-state index is -2.99. The molecule has 1 heterocycles. The van der Waals surface area contributed by atoms with E-state index in [1.54, 1.807) is 31.3 Å². The van der Waals surface area contributed by atoms with Gasteiger partial charge >= 0.3 is 0 Å². The molecule has 1 aliphatic rings. The fourth-order valence-electron chi connectivity index (χ4n) is 2.21. The van der Waals surface area contributed by atoms with E-state index in [2.05, 4.69) is 0 Å². The first-order valence-corrected chi connectivity index (χ1v) is 7.87. The third-order valence-corrected chi connectivity index (χ3v) is 5.14. The minimum absolute atomic E-state index is 0.0548. The third kappa shape index (κ3) is 3.07. The molecule has 0 unspecified atom stereocenters. The van der Waals surface area contributed by atoms with Gasteiger partial charge in [-0.3, -0.25) is 4.79 Å². The molecule has 5 nitrogen and oxygen atoms in total. The Morgan fingerprint density at radius 1 is 1.42 bits per heavy atom. The van der Waals surface area contributed by atoms with Crippen LogP contribution in [0.25, 0.3) is 0 Å². The largest absolute Gasteiger partial charge is 0.497 e. The molecule has 19 heavy (non-hydrogen) atoms. The van der Waals surface area contributed by atoms with Crippen LogP contribution in [0.2, 0.25) is 0 Å². The number of nitrogens with zero attached hydrogens (tertiary/aromatic N) is 1. The molecule has 0 N–H and O–H groups in total. The van der Waals surface area contributed by atoms with Crippen molar-refractivity contribution in [1.29, 1.82) is 0 Å². The van der Waals surface area contributed by atoms with E-state index in [4.69, 9.17) is 4.74 Å². The molecule has 0 spiro atoms. The van der Waals surface area contributed by atoms with Gasteiger partial charge in [0, 0.05) is 18.7 Å². The predicted octanol–water partition coefficient (Wildman–Crippen LogP) is 0.954. The van der Waals surface area contributed by atoms with Gasteiger partial charge in [-0.25, -0.2) is 8.42 Å². The molecular weight excluding hydrogens is 266 g/mol. The Bertz CT molecular complexity index is 582. The standard InChI is InChI=1S/C13H17NO4S/c1-14(11-6-7-19(16,17)9-11)13(15)10-4-3-5-12(8-10)18-2/h3-5,8,11H,6-7,9H2,1-2H3/t11-/m0/s1. The zero-order chi connectivity index (χ0) is 14.0. The Labute approximate surface area is 113 Å². The summed E-state index contributed by atoms with van der Waals surface area (Å²) in [7, 11) is 0.197. The highest BCUT2D eigenvalue weighted by Crippen LogP contribution is 2.20. The van der Waals surface area contributed by atoms with E-state index < -0.39 is 9.84 Å². The number of hydrogen-bond donors (Lipinski definition) is 0. The minimum Gasteiger partial charge on any atom is -0.497 e. The maximum Gasteiger partial charge on any atom is 0.254 e. The lowest BCUT2D eigenvalue weighted by Crippen LogP contribution is -2.37. The van der Waals surface area contributed by atoms with Crippen molar-refractivity contribution in [1.82, 2.24) is 4.90 Å². The second-order valence-corrected chi connectivity index (χ2v) is 6.93. The Morgan fingerprint density at radius 2 is 2.16 bits per heavy atom. The summed E-state index contributed by atoms with van der Waals surface area (Å²) in [6.45, 7) is 0. The van der Waals surface area contributed by atoms with Gasteiger partial charge in [0.2, 0.25) is 0 Å². The Morgan fingerprint density at radius 3 is 2.74 bits per heavy atom. The van der Waals surface area contributed by atoms with Gasteiger partial charge in [-0.1, -0.05) is 6.07 Å². The van der Waals surface area contributed by atoms with Crippen molar-refractivity contribution in [3.63, 3.8) is 0 Å². The first-order valence-electron chi connectivity index (χ1n) is 6.04. The van der Waals surface area contributed by atoms with Crippen molar-refractivity contribution < 1.29 is 17.9 Å². The Balaban J connectivity index is 2.15. The molecule has 1 aliphatic heterocycles. The summed E-state index contributed by atoms with van der Waals surface area (Å²) in [4.78, 5) is 13.8. The van der Waals surface area contributed by atoms with Crippen LogP contribution in [-0.2, 0) is 9.84 Å². The topological polar surface area (TPSA) is 63.7 Å². The number of rotatable bonds is 3. The van der Waals surface area contributed by atoms with Gasteiger partial charge in [0.1, 0.15) is 5.75 Å². The fourth-order valence-corrected chi connectivity index (χ4v) is 3.98. The second-order valence-electron chi connectivity index (χ2n) is 4.70. The highest BCUT2D eigenvalue weighted by molar-refractivity contribution is 7.91. The van der Waals surface area contributed by atoms with Crippen LogP contribution < -0.4 is 4.74 Å². The van der Waals surface area contributed by atoms with E-state index in [0.717, 1.165) is 0 Å². The molecular formula is C13H17NO4S. The summed E-state index contributed by atoms with van der Waals surface area (Å²) >= 11 is 0. The zero-order valence-electron chi connectivity index (χ0n) is 11.0. The first-order chi connectivity index (χ1) is 8.93. The van der Waals surface area contributed by atoms with Crippen molar-refractivity contribution in [2.45, 2.75) is 12.5 Å². The smallest absolute Gasteiger partial charge is 0.254 e. The van der Waals surface area contributed by atoms with Gasteiger partial charge in [-0.05, 0) is 24.6 Å². The SMILES string of the molecule is COc1cccc(C(=O)N(C)[C@H]2CCS(=O)(=O)C2)c1. The van der Waals surface area contributed by atoms with Crippen LogP contribution >= 0.6 is 0 Å². The lowest BCUT2D eigenvalue weighted by molar-refractivity contribution is 0.0747. The number of methoxy groups -OCH3 is 1. The van der Waals surface area contributed by atoms with Crippen LogP contribution in [0, 0.1) is 0 Å². The number of amides is 1. The average molecular weight is 283 g/mol. The van der Waals surface area contributed by atoms with E-state index in [-0.39, 0.29) is 23.5 Å². The van der Waals surface area contributed by atoms with Crippen molar-refractivity contribution in [3.05, 3.63) is 29.8 Å². The lowest BCUT2D eigenvalue weighted by atomic mass is 10.1. The average Bonchev–Trinajstić information content (AvgIpc) is 2.77. The number of hydrogen-bond acceptors (Lipinski definition) is 4. The second kappa shape index (κ2) is 5.21. The van der Waals surface area contributed by atoms with Crippen molar-refractivity contribution in [3.8, 4) is 5.75 Å². The molecule has 0 saturated carbocycles. The van der Waals surface area contributed by atoms with Crippen LogP contribution in [0.4, 0.5) is 0 Å². The fraction of sp³-hybridized carbons (Fsp3) is 0.462. The molecule has 6 heteroatoms. The van der Waals surface area contributed by atoms with Crippen LogP contribution in [0.3, 0.4) is 0 Å². The molecule has 1 aromatic carbocycles. The molecule has 104 valence electrons. The van der Waals surface area contributed by atoms with Crippen LogP contribution in [0.15, 0.2) is 24.3 Å². The molecule has 2 rings (SSSR count). The van der Waals surface area contributed by atoms with Crippen molar-refractivity contribution in [2.24, 2.45) is 0 Å². The van der Waals surface area contributed by atoms with Crippen LogP contribution in [-0.4, -0.2) is 50.9 Å². The Hall–Kier alpha value is -1.56. The molecule has 0 aromatic heterocycles. The predicted molar refractivity (Wildman–Crippen MR) is 72.1 cm³/mol. The highest BCUT2D eigenvalue weighted by Gasteiger charge is 2.33. The van der Waals surface area contributed by atoms with E-state index in [1.807, 2.05) is 0 Å². The highest BCUT2D eigenvalue weighted by atomic mass is 32.2. The monoisotopic (exact) mass is 283 g/mol. The summed E-state index contributed by atoms with van der Waals surface area (Å²) in [6, 6.07) is 6.62. The van der Waals surface area contributed by atoms with E-state index >= 15 is 0 Å². The van der Waals surface area contributed by atoms with Crippen molar-refractivity contribution in [2.75, 3.05) is 25.7 Å². The lowest BCUT2D eigenvalue weighted by Gasteiger charge is -2.23. The third-order valence-electron chi connectivity index (χ3n) is 3.39. The maximum atomic E-state index is 12.3. The van der Waals surface area contributed by atoms with E-state index in [9.17, 15) is 13.2 Å². The van der Waals surface area contributed by atoms with E-state index in [1.165, 1.54) is 12.0 Å². The van der Waals surface area contributed by atoms with Gasteiger partial charge in [-0.2, -0.15) is 0 Å². The molecule has 1 fully saturated rings. The van der Waals surface area contributed by atoms with Gasteiger partial charge < -0.3 is 9.64 Å². The van der Waals surface area contributed by atoms with Gasteiger partial charge in [0.05, 0.1) is 18.6 Å². The normalized spacial score (nSPS) is 21.1. The van der Waals surface area contributed by atoms with Crippen LogP contribution in [0.5, 0.6) is 5.75 Å². The summed E-state index contributed by atoms with van der Waals surface area (Å²) in [5.41, 5.74) is 0.506. The molecule has 1 amide bonds.